The van der Waals surface area contributed by atoms with E-state index in [1.807, 2.05) is 39.0 Å². The molecule has 1 aliphatic heterocycles. The summed E-state index contributed by atoms with van der Waals surface area (Å²) >= 11 is 1.65. The molecule has 0 aliphatic carbocycles. The van der Waals surface area contributed by atoms with Crippen LogP contribution in [0.15, 0.2) is 36.4 Å². The molecule has 4 rings (SSSR count). The van der Waals surface area contributed by atoms with Crippen LogP contribution >= 0.6 is 11.3 Å². The van der Waals surface area contributed by atoms with Crippen molar-refractivity contribution in [2.24, 2.45) is 0 Å². The largest absolute Gasteiger partial charge is 0.447 e. The number of amides is 1. The highest BCUT2D eigenvalue weighted by Gasteiger charge is 2.40. The van der Waals surface area contributed by atoms with Crippen LogP contribution in [0.2, 0.25) is 0 Å². The van der Waals surface area contributed by atoms with Gasteiger partial charge in [0.15, 0.2) is 0 Å². The van der Waals surface area contributed by atoms with Gasteiger partial charge in [0, 0.05) is 10.3 Å². The minimum absolute atomic E-state index is 0.284. The number of carbonyl (C=O) groups is 1. The number of ether oxygens (including phenoxy) is 1. The van der Waals surface area contributed by atoms with Crippen LogP contribution in [-0.2, 0) is 11.3 Å². The lowest BCUT2D eigenvalue weighted by Gasteiger charge is -2.27. The van der Waals surface area contributed by atoms with E-state index in [0.717, 1.165) is 26.4 Å². The summed E-state index contributed by atoms with van der Waals surface area (Å²) in [6.07, 6.45) is -0.284. The summed E-state index contributed by atoms with van der Waals surface area (Å²) in [7, 11) is 0. The molecular weight excluding hydrogens is 334 g/mol. The molecule has 1 saturated heterocycles. The molecule has 0 N–H and O–H groups in total. The van der Waals surface area contributed by atoms with E-state index >= 15 is 0 Å². The monoisotopic (exact) mass is 353 g/mol. The van der Waals surface area contributed by atoms with E-state index in [0.29, 0.717) is 19.0 Å². The van der Waals surface area contributed by atoms with Crippen LogP contribution in [0.4, 0.5) is 4.79 Å². The van der Waals surface area contributed by atoms with Crippen molar-refractivity contribution < 1.29 is 9.53 Å². The average Bonchev–Trinajstić information content (AvgIpc) is 3.12. The molecule has 3 aromatic rings. The maximum absolute atomic E-state index is 12.1. The van der Waals surface area contributed by atoms with E-state index in [9.17, 15) is 4.79 Å². The molecule has 0 saturated carbocycles. The van der Waals surface area contributed by atoms with Crippen LogP contribution in [0.1, 0.15) is 25.4 Å². The number of hydrogen-bond acceptors (Lipinski definition) is 5. The van der Waals surface area contributed by atoms with E-state index in [1.54, 1.807) is 16.2 Å². The molecule has 25 heavy (non-hydrogen) atoms. The van der Waals surface area contributed by atoms with Crippen molar-refractivity contribution in [3.63, 3.8) is 0 Å². The van der Waals surface area contributed by atoms with Gasteiger partial charge in [0.05, 0.1) is 17.8 Å². The van der Waals surface area contributed by atoms with Crippen molar-refractivity contribution in [1.29, 1.82) is 0 Å². The number of cyclic esters (lactones) is 1. The first-order valence-electron chi connectivity index (χ1n) is 8.21. The minimum Gasteiger partial charge on any atom is -0.447 e. The third-order valence-corrected chi connectivity index (χ3v) is 5.53. The van der Waals surface area contributed by atoms with Gasteiger partial charge < -0.3 is 4.74 Å². The van der Waals surface area contributed by atoms with Gasteiger partial charge in [0.25, 0.3) is 0 Å². The number of benzene rings is 1. The van der Waals surface area contributed by atoms with Gasteiger partial charge in [0.1, 0.15) is 17.3 Å². The third-order valence-electron chi connectivity index (χ3n) is 4.45. The van der Waals surface area contributed by atoms with Gasteiger partial charge in [-0.15, -0.1) is 11.3 Å². The van der Waals surface area contributed by atoms with E-state index in [1.165, 1.54) is 0 Å². The maximum atomic E-state index is 12.1. The summed E-state index contributed by atoms with van der Waals surface area (Å²) < 4.78 is 5.22. The molecule has 5 nitrogen and oxygen atoms in total. The summed E-state index contributed by atoms with van der Waals surface area (Å²) in [6.45, 7) is 6.73. The maximum Gasteiger partial charge on any atom is 0.410 e. The standard InChI is InChI=1S/C19H19N3O2S/c1-12-20-15(10-22-18(23)24-11-19(22,2)3)14-9-16(25-17(14)21-12)13-7-5-4-6-8-13/h4-9H,10-11H2,1-3H3. The molecule has 0 atom stereocenters. The SMILES string of the molecule is Cc1nc(CN2C(=O)OCC2(C)C)c2cc(-c3ccccc3)sc2n1. The molecule has 0 radical (unpaired) electrons. The third kappa shape index (κ3) is 2.87. The fourth-order valence-electron chi connectivity index (χ4n) is 3.03. The van der Waals surface area contributed by atoms with Crippen LogP contribution < -0.4 is 0 Å². The van der Waals surface area contributed by atoms with Crippen LogP contribution in [-0.4, -0.2) is 33.1 Å². The number of rotatable bonds is 3. The highest BCUT2D eigenvalue weighted by atomic mass is 32.1. The van der Waals surface area contributed by atoms with Crippen LogP contribution in [0.3, 0.4) is 0 Å². The first kappa shape index (κ1) is 16.0. The Balaban J connectivity index is 1.79. The van der Waals surface area contributed by atoms with Crippen molar-refractivity contribution in [2.45, 2.75) is 32.9 Å². The van der Waals surface area contributed by atoms with Gasteiger partial charge in [-0.2, -0.15) is 0 Å². The molecule has 0 bridgehead atoms. The Labute approximate surface area is 150 Å². The molecule has 128 valence electrons. The Morgan fingerprint density at radius 3 is 2.68 bits per heavy atom. The predicted octanol–water partition coefficient (Wildman–Crippen LogP) is 4.40. The molecule has 2 aromatic heterocycles. The van der Waals surface area contributed by atoms with Crippen LogP contribution in [0.25, 0.3) is 20.7 Å². The van der Waals surface area contributed by atoms with Crippen LogP contribution in [0.5, 0.6) is 0 Å². The zero-order chi connectivity index (χ0) is 17.6. The van der Waals surface area contributed by atoms with Gasteiger partial charge in [-0.25, -0.2) is 14.8 Å². The summed E-state index contributed by atoms with van der Waals surface area (Å²) in [4.78, 5) is 25.2. The first-order chi connectivity index (χ1) is 11.9. The second-order valence-electron chi connectivity index (χ2n) is 6.87. The zero-order valence-electron chi connectivity index (χ0n) is 14.4. The Hall–Kier alpha value is -2.47. The lowest BCUT2D eigenvalue weighted by Crippen LogP contribution is -2.41. The van der Waals surface area contributed by atoms with E-state index in [4.69, 9.17) is 4.74 Å². The van der Waals surface area contributed by atoms with Crippen molar-refractivity contribution in [3.8, 4) is 10.4 Å². The van der Waals surface area contributed by atoms with Gasteiger partial charge in [-0.3, -0.25) is 4.90 Å². The Morgan fingerprint density at radius 2 is 2.00 bits per heavy atom. The molecule has 6 heteroatoms. The molecule has 1 fully saturated rings. The van der Waals surface area contributed by atoms with Gasteiger partial charge in [-0.1, -0.05) is 30.3 Å². The van der Waals surface area contributed by atoms with Crippen LogP contribution in [0, 0.1) is 6.92 Å². The second kappa shape index (κ2) is 5.81. The predicted molar refractivity (Wildman–Crippen MR) is 98.6 cm³/mol. The lowest BCUT2D eigenvalue weighted by atomic mass is 10.1. The summed E-state index contributed by atoms with van der Waals surface area (Å²) in [5.41, 5.74) is 1.70. The lowest BCUT2D eigenvalue weighted by molar-refractivity contribution is 0.152. The van der Waals surface area contributed by atoms with E-state index in [2.05, 4.69) is 28.2 Å². The summed E-state index contributed by atoms with van der Waals surface area (Å²) in [6, 6.07) is 12.4. The Bertz CT molecular complexity index is 950. The number of fused-ring (bicyclic) bond motifs is 1. The number of aryl methyl sites for hydroxylation is 1. The molecule has 3 heterocycles. The topological polar surface area (TPSA) is 55.3 Å². The number of nitrogens with zero attached hydrogens (tertiary/aromatic N) is 3. The number of thiophene rings is 1. The minimum atomic E-state index is -0.333. The summed E-state index contributed by atoms with van der Waals surface area (Å²) in [5.74, 6) is 0.717. The molecule has 0 unspecified atom stereocenters. The first-order valence-corrected chi connectivity index (χ1v) is 9.02. The highest BCUT2D eigenvalue weighted by molar-refractivity contribution is 7.21. The normalized spacial score (nSPS) is 16.4. The van der Waals surface area contributed by atoms with E-state index in [-0.39, 0.29) is 11.6 Å². The number of hydrogen-bond donors (Lipinski definition) is 0. The van der Waals surface area contributed by atoms with Crippen molar-refractivity contribution >= 4 is 27.6 Å². The molecule has 1 aliphatic rings. The van der Waals surface area contributed by atoms with E-state index < -0.39 is 0 Å². The fraction of sp³-hybridized carbons (Fsp3) is 0.316. The number of aromatic nitrogens is 2. The Kier molecular flexibility index (Phi) is 3.72. The van der Waals surface area contributed by atoms with Gasteiger partial charge in [-0.05, 0) is 32.4 Å². The average molecular weight is 353 g/mol. The molecule has 1 aromatic carbocycles. The van der Waals surface area contributed by atoms with Crippen molar-refractivity contribution in [1.82, 2.24) is 14.9 Å². The molecule has 0 spiro atoms. The molecule has 1 amide bonds. The zero-order valence-corrected chi connectivity index (χ0v) is 15.3. The van der Waals surface area contributed by atoms with Crippen molar-refractivity contribution in [2.75, 3.05) is 6.61 Å². The highest BCUT2D eigenvalue weighted by Crippen LogP contribution is 2.35. The quantitative estimate of drug-likeness (QED) is 0.700. The summed E-state index contributed by atoms with van der Waals surface area (Å²) in [5, 5.41) is 1.00. The van der Waals surface area contributed by atoms with Crippen molar-refractivity contribution in [3.05, 3.63) is 47.9 Å². The molecular formula is C19H19N3O2S. The van der Waals surface area contributed by atoms with Gasteiger partial charge >= 0.3 is 6.09 Å². The number of carbonyl (C=O) groups excluding carboxylic acids is 1. The van der Waals surface area contributed by atoms with Gasteiger partial charge in [0.2, 0.25) is 0 Å². The smallest absolute Gasteiger partial charge is 0.410 e. The Morgan fingerprint density at radius 1 is 1.24 bits per heavy atom. The fourth-order valence-corrected chi connectivity index (χ4v) is 4.14. The second-order valence-corrected chi connectivity index (χ2v) is 7.90.